The van der Waals surface area contributed by atoms with Crippen molar-refractivity contribution in [1.29, 1.82) is 0 Å². The van der Waals surface area contributed by atoms with Gasteiger partial charge in [-0.2, -0.15) is 5.10 Å². The maximum absolute atomic E-state index is 13.3. The first-order valence-electron chi connectivity index (χ1n) is 10.5. The lowest BCUT2D eigenvalue weighted by atomic mass is 10.1. The van der Waals surface area contributed by atoms with E-state index in [1.54, 1.807) is 24.7 Å². The van der Waals surface area contributed by atoms with Crippen LogP contribution in [0.1, 0.15) is 35.0 Å². The average Bonchev–Trinajstić information content (AvgIpc) is 3.60. The standard InChI is InChI=1S/C23H18N6O5S/c1-12-19-16(11-17(18-5-4-10-35-18)24-20(19)28(3)27-12)23(30)33-13(2)21-25-26-22(34-21)14-6-8-15(9-7-14)29(31)32/h4-11,13H,1-3H3. The fraction of sp³-hybridized carbons (Fsp3) is 0.174. The molecule has 0 radical (unpaired) electrons. The molecular formula is C23H18N6O5S. The second-order valence-electron chi connectivity index (χ2n) is 7.74. The van der Waals surface area contributed by atoms with Crippen molar-refractivity contribution < 1.29 is 18.9 Å². The molecule has 0 bridgehead atoms. The van der Waals surface area contributed by atoms with Crippen molar-refractivity contribution >= 4 is 34.0 Å². The van der Waals surface area contributed by atoms with Crippen LogP contribution in [-0.2, 0) is 11.8 Å². The molecule has 0 aliphatic rings. The lowest BCUT2D eigenvalue weighted by Crippen LogP contribution is -2.11. The Hall–Kier alpha value is -4.45. The van der Waals surface area contributed by atoms with Crippen LogP contribution in [0.2, 0.25) is 0 Å². The van der Waals surface area contributed by atoms with Crippen LogP contribution < -0.4 is 0 Å². The predicted molar refractivity (Wildman–Crippen MR) is 127 cm³/mol. The molecule has 0 amide bonds. The molecule has 0 saturated heterocycles. The van der Waals surface area contributed by atoms with Gasteiger partial charge in [0.25, 0.3) is 11.6 Å². The number of aromatic nitrogens is 5. The number of thiophene rings is 1. The fourth-order valence-electron chi connectivity index (χ4n) is 3.67. The Bertz CT molecular complexity index is 1560. The molecule has 176 valence electrons. The van der Waals surface area contributed by atoms with Crippen molar-refractivity contribution in [2.45, 2.75) is 20.0 Å². The van der Waals surface area contributed by atoms with Crippen LogP contribution in [0.5, 0.6) is 0 Å². The van der Waals surface area contributed by atoms with Gasteiger partial charge in [-0.1, -0.05) is 6.07 Å². The Morgan fingerprint density at radius 2 is 2.00 bits per heavy atom. The number of rotatable bonds is 6. The fourth-order valence-corrected chi connectivity index (χ4v) is 4.36. The molecule has 4 heterocycles. The summed E-state index contributed by atoms with van der Waals surface area (Å²) in [6, 6.07) is 11.3. The molecule has 0 fully saturated rings. The van der Waals surface area contributed by atoms with Gasteiger partial charge in [-0.05, 0) is 43.5 Å². The minimum Gasteiger partial charge on any atom is -0.449 e. The number of hydrogen-bond acceptors (Lipinski definition) is 10. The zero-order chi connectivity index (χ0) is 24.7. The lowest BCUT2D eigenvalue weighted by molar-refractivity contribution is -0.384. The molecule has 11 nitrogen and oxygen atoms in total. The first kappa shape index (κ1) is 22.3. The van der Waals surface area contributed by atoms with Gasteiger partial charge in [0.2, 0.25) is 5.89 Å². The molecule has 1 unspecified atom stereocenters. The Kier molecular flexibility index (Phi) is 5.57. The van der Waals surface area contributed by atoms with Crippen LogP contribution in [0.15, 0.2) is 52.3 Å². The van der Waals surface area contributed by atoms with Gasteiger partial charge < -0.3 is 9.15 Å². The number of nitro groups is 1. The third-order valence-corrected chi connectivity index (χ3v) is 6.25. The summed E-state index contributed by atoms with van der Waals surface area (Å²) in [5.41, 5.74) is 2.68. The van der Waals surface area contributed by atoms with Crippen LogP contribution in [0.3, 0.4) is 0 Å². The van der Waals surface area contributed by atoms with Gasteiger partial charge in [-0.25, -0.2) is 9.78 Å². The highest BCUT2D eigenvalue weighted by Gasteiger charge is 2.25. The molecule has 35 heavy (non-hydrogen) atoms. The quantitative estimate of drug-likeness (QED) is 0.185. The summed E-state index contributed by atoms with van der Waals surface area (Å²) in [6.45, 7) is 3.43. The van der Waals surface area contributed by atoms with E-state index in [1.807, 2.05) is 24.4 Å². The van der Waals surface area contributed by atoms with Gasteiger partial charge in [0.1, 0.15) is 0 Å². The van der Waals surface area contributed by atoms with Crippen molar-refractivity contribution in [2.75, 3.05) is 0 Å². The average molecular weight is 491 g/mol. The van der Waals surface area contributed by atoms with Crippen LogP contribution in [0, 0.1) is 17.0 Å². The largest absolute Gasteiger partial charge is 0.449 e. The maximum Gasteiger partial charge on any atom is 0.339 e. The summed E-state index contributed by atoms with van der Waals surface area (Å²) >= 11 is 1.52. The van der Waals surface area contributed by atoms with Crippen molar-refractivity contribution in [3.63, 3.8) is 0 Å². The third kappa shape index (κ3) is 4.15. The predicted octanol–water partition coefficient (Wildman–Crippen LogP) is 4.88. The molecular weight excluding hydrogens is 472 g/mol. The van der Waals surface area contributed by atoms with Crippen molar-refractivity contribution in [1.82, 2.24) is 25.0 Å². The topological polar surface area (TPSA) is 139 Å². The monoisotopic (exact) mass is 490 g/mol. The zero-order valence-corrected chi connectivity index (χ0v) is 19.6. The number of nitro benzene ring substituents is 1. The number of carbonyl (C=O) groups excluding carboxylic acids is 1. The lowest BCUT2D eigenvalue weighted by Gasteiger charge is -2.11. The highest BCUT2D eigenvalue weighted by molar-refractivity contribution is 7.13. The number of esters is 1. The SMILES string of the molecule is Cc1nn(C)c2nc(-c3cccs3)cc(C(=O)OC(C)c3nnc(-c4ccc([N+](=O)[O-])cc4)o3)c12. The number of benzene rings is 1. The van der Waals surface area contributed by atoms with Crippen molar-refractivity contribution in [2.24, 2.45) is 7.05 Å². The summed E-state index contributed by atoms with van der Waals surface area (Å²) in [4.78, 5) is 29.2. The summed E-state index contributed by atoms with van der Waals surface area (Å²) in [5, 5.41) is 25.8. The van der Waals surface area contributed by atoms with Crippen LogP contribution in [0.4, 0.5) is 5.69 Å². The minimum atomic E-state index is -0.841. The molecule has 0 N–H and O–H groups in total. The molecule has 0 spiro atoms. The van der Waals surface area contributed by atoms with E-state index in [1.165, 1.54) is 35.6 Å². The van der Waals surface area contributed by atoms with Gasteiger partial charge >= 0.3 is 5.97 Å². The van der Waals surface area contributed by atoms with E-state index < -0.39 is 17.0 Å². The molecule has 4 aromatic heterocycles. The summed E-state index contributed by atoms with van der Waals surface area (Å²) < 4.78 is 13.0. The van der Waals surface area contributed by atoms with Gasteiger partial charge in [0.05, 0.1) is 32.1 Å². The Labute approximate surface area is 202 Å². The van der Waals surface area contributed by atoms with Gasteiger partial charge in [-0.15, -0.1) is 21.5 Å². The van der Waals surface area contributed by atoms with Crippen molar-refractivity contribution in [3.8, 4) is 22.0 Å². The summed E-state index contributed by atoms with van der Waals surface area (Å²) in [6.07, 6.45) is -0.841. The Balaban J connectivity index is 1.43. The number of aryl methyl sites for hydroxylation is 2. The Morgan fingerprint density at radius 3 is 2.69 bits per heavy atom. The molecule has 0 saturated carbocycles. The van der Waals surface area contributed by atoms with E-state index in [9.17, 15) is 14.9 Å². The highest BCUT2D eigenvalue weighted by atomic mass is 32.1. The molecule has 12 heteroatoms. The van der Waals surface area contributed by atoms with Crippen molar-refractivity contribution in [3.05, 3.63) is 75.1 Å². The van der Waals surface area contributed by atoms with Gasteiger partial charge in [0.15, 0.2) is 11.8 Å². The number of pyridine rings is 1. The molecule has 5 aromatic rings. The number of hydrogen-bond donors (Lipinski definition) is 0. The second-order valence-corrected chi connectivity index (χ2v) is 8.68. The number of carbonyl (C=O) groups is 1. The Morgan fingerprint density at radius 1 is 1.23 bits per heavy atom. The maximum atomic E-state index is 13.3. The first-order valence-corrected chi connectivity index (χ1v) is 11.4. The van der Waals surface area contributed by atoms with E-state index in [2.05, 4.69) is 15.3 Å². The van der Waals surface area contributed by atoms with E-state index in [0.717, 1.165) is 4.88 Å². The molecule has 0 aliphatic heterocycles. The van der Waals surface area contributed by atoms with E-state index >= 15 is 0 Å². The molecule has 5 rings (SSSR count). The number of fused-ring (bicyclic) bond motifs is 1. The molecule has 0 aliphatic carbocycles. The molecule has 1 aromatic carbocycles. The minimum absolute atomic E-state index is 0.0490. The van der Waals surface area contributed by atoms with Gasteiger partial charge in [-0.3, -0.25) is 14.8 Å². The smallest absolute Gasteiger partial charge is 0.339 e. The second kappa shape index (κ2) is 8.72. The van der Waals surface area contributed by atoms with E-state index in [4.69, 9.17) is 14.1 Å². The molecule has 1 atom stereocenters. The first-order chi connectivity index (χ1) is 16.8. The van der Waals surface area contributed by atoms with Gasteiger partial charge in [0, 0.05) is 24.7 Å². The van der Waals surface area contributed by atoms with E-state index in [-0.39, 0.29) is 17.5 Å². The number of non-ortho nitro benzene ring substituents is 1. The summed E-state index contributed by atoms with van der Waals surface area (Å²) in [5.74, 6) is -0.320. The van der Waals surface area contributed by atoms with Crippen LogP contribution >= 0.6 is 11.3 Å². The zero-order valence-electron chi connectivity index (χ0n) is 18.8. The number of nitrogens with zero attached hydrogens (tertiary/aromatic N) is 6. The third-order valence-electron chi connectivity index (χ3n) is 5.36. The highest BCUT2D eigenvalue weighted by Crippen LogP contribution is 2.31. The summed E-state index contributed by atoms with van der Waals surface area (Å²) in [7, 11) is 1.77. The number of ether oxygens (including phenoxy) is 1. The van der Waals surface area contributed by atoms with Crippen LogP contribution in [-0.4, -0.2) is 35.9 Å². The normalized spacial score (nSPS) is 12.1. The van der Waals surface area contributed by atoms with E-state index in [0.29, 0.717) is 33.5 Å². The van der Waals surface area contributed by atoms with Crippen LogP contribution in [0.25, 0.3) is 33.1 Å².